The van der Waals surface area contributed by atoms with Gasteiger partial charge in [0.1, 0.15) is 0 Å². The van der Waals surface area contributed by atoms with Crippen molar-refractivity contribution in [3.63, 3.8) is 0 Å². The topological polar surface area (TPSA) is 38.9 Å². The Morgan fingerprint density at radius 3 is 2.44 bits per heavy atom. The minimum atomic E-state index is -0.0305. The molecular weight excluding hydrogens is 196 g/mol. The van der Waals surface area contributed by atoms with Crippen molar-refractivity contribution in [2.24, 2.45) is 11.1 Å². The minimum absolute atomic E-state index is 0.0305. The van der Waals surface area contributed by atoms with Crippen molar-refractivity contribution in [1.29, 1.82) is 0 Å². The van der Waals surface area contributed by atoms with Crippen molar-refractivity contribution >= 4 is 10.9 Å². The summed E-state index contributed by atoms with van der Waals surface area (Å²) in [7, 11) is 0. The van der Waals surface area contributed by atoms with E-state index in [1.807, 2.05) is 24.3 Å². The molecular formula is C14H18N2. The molecule has 0 spiro atoms. The lowest BCUT2D eigenvalue weighted by atomic mass is 9.85. The average Bonchev–Trinajstić information content (AvgIpc) is 2.26. The zero-order valence-electron chi connectivity index (χ0n) is 10.1. The predicted octanol–water partition coefficient (Wildman–Crippen LogP) is 3.28. The fraction of sp³-hybridized carbons (Fsp3) is 0.357. The molecule has 16 heavy (non-hydrogen) atoms. The molecule has 0 aliphatic rings. The summed E-state index contributed by atoms with van der Waals surface area (Å²) in [5.74, 6) is 0. The van der Waals surface area contributed by atoms with E-state index in [-0.39, 0.29) is 11.5 Å². The van der Waals surface area contributed by atoms with E-state index in [2.05, 4.69) is 37.9 Å². The Kier molecular flexibility index (Phi) is 2.68. The Bertz CT molecular complexity index is 497. The number of nitrogens with zero attached hydrogens (tertiary/aromatic N) is 1. The van der Waals surface area contributed by atoms with Crippen LogP contribution in [0.3, 0.4) is 0 Å². The monoisotopic (exact) mass is 214 g/mol. The minimum Gasteiger partial charge on any atom is -0.322 e. The van der Waals surface area contributed by atoms with Crippen molar-refractivity contribution in [2.45, 2.75) is 26.8 Å². The van der Waals surface area contributed by atoms with E-state index in [0.29, 0.717) is 0 Å². The highest BCUT2D eigenvalue weighted by molar-refractivity contribution is 5.78. The Balaban J connectivity index is 2.47. The molecule has 84 valence electrons. The average molecular weight is 214 g/mol. The number of nitrogens with two attached hydrogens (primary N) is 1. The van der Waals surface area contributed by atoms with Gasteiger partial charge in [0.15, 0.2) is 0 Å². The molecule has 0 radical (unpaired) electrons. The fourth-order valence-corrected chi connectivity index (χ4v) is 1.70. The van der Waals surface area contributed by atoms with Crippen molar-refractivity contribution in [1.82, 2.24) is 4.98 Å². The Labute approximate surface area is 96.5 Å². The highest BCUT2D eigenvalue weighted by Crippen LogP contribution is 2.29. The first-order valence-corrected chi connectivity index (χ1v) is 5.60. The van der Waals surface area contributed by atoms with Gasteiger partial charge in [0.2, 0.25) is 0 Å². The van der Waals surface area contributed by atoms with Crippen LogP contribution in [0.4, 0.5) is 0 Å². The van der Waals surface area contributed by atoms with Crippen LogP contribution in [0.25, 0.3) is 10.9 Å². The van der Waals surface area contributed by atoms with E-state index in [1.54, 1.807) is 0 Å². The lowest BCUT2D eigenvalue weighted by Crippen LogP contribution is -2.27. The molecule has 2 heteroatoms. The summed E-state index contributed by atoms with van der Waals surface area (Å²) in [6, 6.07) is 12.2. The van der Waals surface area contributed by atoms with Gasteiger partial charge in [-0.2, -0.15) is 0 Å². The van der Waals surface area contributed by atoms with E-state index < -0.39 is 0 Å². The molecule has 0 fully saturated rings. The summed E-state index contributed by atoms with van der Waals surface area (Å²) in [6.45, 7) is 6.40. The molecule has 2 rings (SSSR count). The molecule has 0 amide bonds. The Morgan fingerprint density at radius 2 is 1.75 bits per heavy atom. The molecule has 0 bridgehead atoms. The molecule has 0 saturated heterocycles. The number of pyridine rings is 1. The fourth-order valence-electron chi connectivity index (χ4n) is 1.70. The van der Waals surface area contributed by atoms with E-state index in [4.69, 9.17) is 5.73 Å². The van der Waals surface area contributed by atoms with Crippen LogP contribution in [-0.4, -0.2) is 4.98 Å². The van der Waals surface area contributed by atoms with Gasteiger partial charge in [-0.1, -0.05) is 45.0 Å². The second-order valence-corrected chi connectivity index (χ2v) is 5.27. The third kappa shape index (κ3) is 2.07. The van der Waals surface area contributed by atoms with E-state index in [0.717, 1.165) is 16.6 Å². The van der Waals surface area contributed by atoms with Crippen LogP contribution in [0.15, 0.2) is 36.4 Å². The van der Waals surface area contributed by atoms with Gasteiger partial charge in [-0.25, -0.2) is 0 Å². The second kappa shape index (κ2) is 3.87. The normalized spacial score (nSPS) is 14.0. The lowest BCUT2D eigenvalue weighted by Gasteiger charge is -2.26. The van der Waals surface area contributed by atoms with E-state index >= 15 is 0 Å². The highest BCUT2D eigenvalue weighted by atomic mass is 14.8. The molecule has 0 aliphatic heterocycles. The Hall–Kier alpha value is -1.41. The molecule has 2 aromatic rings. The molecule has 1 heterocycles. The SMILES string of the molecule is CC(C)(C)[C@H](N)c1ccc2ccccc2n1. The molecule has 1 atom stereocenters. The quantitative estimate of drug-likeness (QED) is 0.791. The van der Waals surface area contributed by atoms with Crippen LogP contribution >= 0.6 is 0 Å². The lowest BCUT2D eigenvalue weighted by molar-refractivity contribution is 0.322. The molecule has 1 aromatic carbocycles. The zero-order valence-corrected chi connectivity index (χ0v) is 10.1. The molecule has 0 saturated carbocycles. The first-order chi connectivity index (χ1) is 7.48. The molecule has 1 aromatic heterocycles. The number of fused-ring (bicyclic) bond motifs is 1. The van der Waals surface area contributed by atoms with Crippen LogP contribution in [0.5, 0.6) is 0 Å². The van der Waals surface area contributed by atoms with E-state index in [9.17, 15) is 0 Å². The van der Waals surface area contributed by atoms with Gasteiger partial charge in [0, 0.05) is 5.39 Å². The van der Waals surface area contributed by atoms with Gasteiger partial charge in [0.25, 0.3) is 0 Å². The summed E-state index contributed by atoms with van der Waals surface area (Å²) in [5, 5.41) is 1.16. The molecule has 2 nitrogen and oxygen atoms in total. The number of benzene rings is 1. The number of para-hydroxylation sites is 1. The van der Waals surface area contributed by atoms with Crippen LogP contribution < -0.4 is 5.73 Å². The molecule has 0 aliphatic carbocycles. The van der Waals surface area contributed by atoms with Gasteiger partial charge >= 0.3 is 0 Å². The van der Waals surface area contributed by atoms with Crippen LogP contribution in [-0.2, 0) is 0 Å². The molecule has 0 unspecified atom stereocenters. The maximum Gasteiger partial charge on any atom is 0.0706 e. The summed E-state index contributed by atoms with van der Waals surface area (Å²) in [4.78, 5) is 4.62. The zero-order chi connectivity index (χ0) is 11.8. The van der Waals surface area contributed by atoms with Crippen LogP contribution in [0, 0.1) is 5.41 Å². The number of hydrogen-bond acceptors (Lipinski definition) is 2. The predicted molar refractivity (Wildman–Crippen MR) is 68.1 cm³/mol. The summed E-state index contributed by atoms with van der Waals surface area (Å²) < 4.78 is 0. The maximum absolute atomic E-state index is 6.20. The summed E-state index contributed by atoms with van der Waals surface area (Å²) in [5.41, 5.74) is 8.22. The summed E-state index contributed by atoms with van der Waals surface area (Å²) >= 11 is 0. The largest absolute Gasteiger partial charge is 0.322 e. The van der Waals surface area contributed by atoms with Gasteiger partial charge in [-0.05, 0) is 17.5 Å². The van der Waals surface area contributed by atoms with Crippen molar-refractivity contribution in [3.05, 3.63) is 42.1 Å². The van der Waals surface area contributed by atoms with Gasteiger partial charge in [0.05, 0.1) is 17.3 Å². The number of aromatic nitrogens is 1. The number of hydrogen-bond donors (Lipinski definition) is 1. The first kappa shape index (κ1) is 11.1. The highest BCUT2D eigenvalue weighted by Gasteiger charge is 2.23. The number of rotatable bonds is 1. The summed E-state index contributed by atoms with van der Waals surface area (Å²) in [6.07, 6.45) is 0. The third-order valence-corrected chi connectivity index (χ3v) is 2.87. The van der Waals surface area contributed by atoms with Crippen LogP contribution in [0.1, 0.15) is 32.5 Å². The van der Waals surface area contributed by atoms with Crippen molar-refractivity contribution in [2.75, 3.05) is 0 Å². The smallest absolute Gasteiger partial charge is 0.0706 e. The van der Waals surface area contributed by atoms with Gasteiger partial charge in [-0.3, -0.25) is 4.98 Å². The van der Waals surface area contributed by atoms with Crippen molar-refractivity contribution in [3.8, 4) is 0 Å². The Morgan fingerprint density at radius 1 is 1.06 bits per heavy atom. The van der Waals surface area contributed by atoms with Gasteiger partial charge in [-0.15, -0.1) is 0 Å². The van der Waals surface area contributed by atoms with Crippen LogP contribution in [0.2, 0.25) is 0 Å². The third-order valence-electron chi connectivity index (χ3n) is 2.87. The first-order valence-electron chi connectivity index (χ1n) is 5.60. The molecule has 2 N–H and O–H groups in total. The van der Waals surface area contributed by atoms with E-state index in [1.165, 1.54) is 0 Å². The van der Waals surface area contributed by atoms with Crippen molar-refractivity contribution < 1.29 is 0 Å². The standard InChI is InChI=1S/C14H18N2/c1-14(2,3)13(15)12-9-8-10-6-4-5-7-11(10)16-12/h4-9,13H,15H2,1-3H3/t13-/m1/s1. The second-order valence-electron chi connectivity index (χ2n) is 5.27. The maximum atomic E-state index is 6.20. The van der Waals surface area contributed by atoms with Gasteiger partial charge < -0.3 is 5.73 Å².